The number of aliphatic hydroxyl groups excluding tert-OH is 3. The van der Waals surface area contributed by atoms with E-state index >= 15 is 0 Å². The molecule has 12 atom stereocenters. The molecule has 0 aromatic carbocycles. The number of aromatic nitrogens is 8. The van der Waals surface area contributed by atoms with E-state index in [0.29, 0.717) is 0 Å². The van der Waals surface area contributed by atoms with Crippen molar-refractivity contribution in [3.8, 4) is 11.8 Å². The van der Waals surface area contributed by atoms with Crippen molar-refractivity contribution in [2.75, 3.05) is 18.9 Å². The van der Waals surface area contributed by atoms with Crippen LogP contribution in [0, 0.1) is 6.92 Å². The molecule has 5 N–H and O–H groups in total. The second-order valence-corrected chi connectivity index (χ2v) is 19.3. The molecule has 0 radical (unpaired) electrons. The lowest BCUT2D eigenvalue weighted by Crippen LogP contribution is -2.46. The van der Waals surface area contributed by atoms with Crippen molar-refractivity contribution < 1.29 is 109 Å². The van der Waals surface area contributed by atoms with Gasteiger partial charge in [-0.1, -0.05) is 9.97 Å². The fourth-order valence-electron chi connectivity index (χ4n) is 6.29. The number of phosphoric ester groups is 3. The Bertz CT molecular complexity index is 2470. The molecule has 2 aliphatic rings. The average molecular weight is 934 g/mol. The van der Waals surface area contributed by atoms with Crippen molar-refractivity contribution in [2.45, 2.75) is 76.0 Å². The van der Waals surface area contributed by atoms with Crippen LogP contribution in [0.2, 0.25) is 0 Å². The Hall–Kier alpha value is -3.18. The van der Waals surface area contributed by atoms with Gasteiger partial charge in [-0.05, 0) is 13.8 Å². The van der Waals surface area contributed by atoms with Gasteiger partial charge in [0.25, 0.3) is 37.2 Å². The molecule has 2 aliphatic heterocycles. The Morgan fingerprint density at radius 2 is 1.23 bits per heavy atom. The number of anilines is 1. The normalized spacial score (nSPS) is 28.9. The maximum atomic E-state index is 12.7. The van der Waals surface area contributed by atoms with Gasteiger partial charge in [-0.3, -0.25) is 27.4 Å². The number of nitrogen functional groups attached to an aromatic ring is 1. The number of rotatable bonds is 16. The lowest BCUT2D eigenvalue weighted by atomic mass is 10.1. The highest BCUT2D eigenvalue weighted by Crippen LogP contribution is 2.63. The van der Waals surface area contributed by atoms with Crippen LogP contribution in [0.1, 0.15) is 32.1 Å². The number of hydrogen-bond acceptors (Lipinski definition) is 26. The van der Waals surface area contributed by atoms with E-state index in [0.717, 1.165) is 9.13 Å². The van der Waals surface area contributed by atoms with Crippen LogP contribution in [0.3, 0.4) is 0 Å². The van der Waals surface area contributed by atoms with Crippen molar-refractivity contribution in [1.29, 1.82) is 0 Å². The number of ether oxygens (including phenoxy) is 2. The van der Waals surface area contributed by atoms with Crippen molar-refractivity contribution in [1.82, 2.24) is 29.1 Å². The first kappa shape index (κ1) is 46.3. The van der Waals surface area contributed by atoms with Gasteiger partial charge in [-0.15, -0.1) is 0 Å². The van der Waals surface area contributed by atoms with Crippen molar-refractivity contribution in [3.05, 3.63) is 18.5 Å². The van der Waals surface area contributed by atoms with Gasteiger partial charge in [0.1, 0.15) is 36.6 Å². The van der Waals surface area contributed by atoms with Gasteiger partial charge >= 0.3 is 11.3 Å². The number of nitrogens with zero attached hydrogens (tertiary/aromatic N) is 8. The lowest BCUT2D eigenvalue weighted by Gasteiger charge is -2.35. The lowest BCUT2D eigenvalue weighted by molar-refractivity contribution is -0.746. The van der Waals surface area contributed by atoms with E-state index in [1.807, 2.05) is 0 Å². The minimum atomic E-state index is -6.50. The van der Waals surface area contributed by atoms with Crippen LogP contribution in [0.5, 0.6) is 11.8 Å². The summed E-state index contributed by atoms with van der Waals surface area (Å²) in [7, 11) is -21.3. The molecule has 0 aliphatic carbocycles. The molecule has 60 heavy (non-hydrogen) atoms. The molecule has 6 heterocycles. The zero-order valence-corrected chi connectivity index (χ0v) is 35.0. The Balaban J connectivity index is 1.12. The number of aliphatic hydroxyl groups is 3. The van der Waals surface area contributed by atoms with Crippen LogP contribution in [0.4, 0.5) is 5.95 Å². The van der Waals surface area contributed by atoms with E-state index in [1.165, 1.54) is 56.7 Å². The fourth-order valence-corrected chi connectivity index (χ4v) is 10.8. The number of imidazole rings is 2. The SMILES string of the molecule is Cc1nc([O-])c2c(n1)[n+]([C@@H]1O[C@H](COP(=O)([O-])OP(=O)([O-])OP(=O)([O-])OC[C@H]3O[C@@H]([n+]4cn(C)c5c([O-])nc(N)nc54)C(O)C3O)C(OP(=O)([O-])OC(C)C)[C@@H]1O)cn2C. The van der Waals surface area contributed by atoms with Crippen LogP contribution in [-0.4, -0.2) is 100 Å². The molecule has 30 nitrogen and oxygen atoms in total. The number of fused-ring (bicyclic) bond motifs is 2. The van der Waals surface area contributed by atoms with Gasteiger partial charge in [0.15, 0.2) is 23.7 Å². The van der Waals surface area contributed by atoms with Gasteiger partial charge in [0.05, 0.1) is 33.4 Å². The number of phosphoric acid groups is 4. The third-order valence-electron chi connectivity index (χ3n) is 8.57. The molecular weight excluding hydrogens is 898 g/mol. The van der Waals surface area contributed by atoms with Crippen molar-refractivity contribution >= 4 is 59.6 Å². The minimum Gasteiger partial charge on any atom is -0.856 e. The van der Waals surface area contributed by atoms with Gasteiger partial charge < -0.3 is 78.4 Å². The molecule has 0 amide bonds. The van der Waals surface area contributed by atoms with Crippen LogP contribution in [0.25, 0.3) is 22.3 Å². The molecule has 4 aromatic heterocycles. The molecule has 2 saturated heterocycles. The summed E-state index contributed by atoms with van der Waals surface area (Å²) in [6.45, 7) is 1.44. The second kappa shape index (κ2) is 16.8. The third kappa shape index (κ3) is 9.87. The Morgan fingerprint density at radius 3 is 1.78 bits per heavy atom. The maximum absolute atomic E-state index is 12.7. The molecule has 7 unspecified atom stereocenters. The molecule has 2 fully saturated rings. The van der Waals surface area contributed by atoms with Crippen LogP contribution in [-0.2, 0) is 68.5 Å². The summed E-state index contributed by atoms with van der Waals surface area (Å²) in [5.74, 6) is -1.97. The molecule has 6 rings (SSSR count). The standard InChI is InChI=1S/C26H39N9O21P4/c1-10(2)53-59(45,46)54-19-13(52-25(18(19)38)34-8-32(4)14-20(34)28-11(3)29-22(14)39)7-50-58(43,44)56-60(47,48)55-57(41,42)49-6-12-16(36)17(37)24(51-12)35-9-33(5)15-21(35)30-26(27)31-23(15)40/h8-10,12-13,16-19,24-25,36-38H,6-7H2,1-5H3,(H6-2,27,28,29,30,31,39,40,41,42,43,44,45,46,47,48)/p-4/t12-,13-,16?,17?,18+,19?,24-,25-/m1/s1. The van der Waals surface area contributed by atoms with E-state index in [-0.39, 0.29) is 28.2 Å². The van der Waals surface area contributed by atoms with Gasteiger partial charge in [-0.2, -0.15) is 0 Å². The van der Waals surface area contributed by atoms with Gasteiger partial charge in [0, 0.05) is 18.7 Å². The molecule has 334 valence electrons. The Labute approximate surface area is 336 Å². The molecule has 4 aromatic rings. The highest BCUT2D eigenvalue weighted by Gasteiger charge is 2.51. The molecule has 0 bridgehead atoms. The Kier molecular flexibility index (Phi) is 13.0. The highest BCUT2D eigenvalue weighted by molar-refractivity contribution is 7.65. The highest BCUT2D eigenvalue weighted by atomic mass is 31.3. The second-order valence-electron chi connectivity index (χ2n) is 13.4. The van der Waals surface area contributed by atoms with Crippen LogP contribution in [0.15, 0.2) is 12.7 Å². The van der Waals surface area contributed by atoms with Crippen molar-refractivity contribution in [3.63, 3.8) is 0 Å². The predicted molar refractivity (Wildman–Crippen MR) is 177 cm³/mol. The largest absolute Gasteiger partial charge is 0.856 e. The first-order valence-electron chi connectivity index (χ1n) is 17.0. The smallest absolute Gasteiger partial charge is 0.309 e. The maximum Gasteiger partial charge on any atom is 0.309 e. The summed E-state index contributed by atoms with van der Waals surface area (Å²) < 4.78 is 92.6. The molecule has 0 spiro atoms. The summed E-state index contributed by atoms with van der Waals surface area (Å²) >= 11 is 0. The summed E-state index contributed by atoms with van der Waals surface area (Å²) in [5, 5.41) is 57.2. The van der Waals surface area contributed by atoms with E-state index in [2.05, 4.69) is 37.6 Å². The molecule has 0 saturated carbocycles. The van der Waals surface area contributed by atoms with Gasteiger partial charge in [0.2, 0.25) is 18.3 Å². The van der Waals surface area contributed by atoms with Crippen molar-refractivity contribution in [2.24, 2.45) is 14.1 Å². The summed E-state index contributed by atoms with van der Waals surface area (Å²) in [6, 6.07) is 0. The molecular formula is C26H35N9O21P4-4. The summed E-state index contributed by atoms with van der Waals surface area (Å²) in [5.41, 5.74) is 5.14. The Morgan fingerprint density at radius 1 is 0.750 bits per heavy atom. The third-order valence-corrected chi connectivity index (χ3v) is 13.9. The van der Waals surface area contributed by atoms with Crippen LogP contribution >= 0.6 is 31.3 Å². The van der Waals surface area contributed by atoms with Crippen LogP contribution < -0.4 is 44.7 Å². The number of aryl methyl sites for hydroxylation is 3. The first-order valence-corrected chi connectivity index (χ1v) is 22.8. The number of nitrogens with two attached hydrogens (primary N) is 1. The van der Waals surface area contributed by atoms with E-state index < -0.39 is 117 Å². The summed E-state index contributed by atoms with van der Waals surface area (Å²) in [6.07, 6.45) is -13.2. The quantitative estimate of drug-likeness (QED) is 0.0600. The summed E-state index contributed by atoms with van der Waals surface area (Å²) in [4.78, 5) is 65.6. The van der Waals surface area contributed by atoms with E-state index in [9.17, 15) is 63.4 Å². The average Bonchev–Trinajstić information content (AvgIpc) is 3.78. The monoisotopic (exact) mass is 933 g/mol. The minimum absolute atomic E-state index is 0.000453. The van der Waals surface area contributed by atoms with E-state index in [1.54, 1.807) is 0 Å². The van der Waals surface area contributed by atoms with E-state index in [4.69, 9.17) is 24.3 Å². The van der Waals surface area contributed by atoms with Gasteiger partial charge in [-0.25, -0.2) is 27.7 Å². The topological polar surface area (TPSA) is 436 Å². The fraction of sp³-hybridized carbons (Fsp3) is 0.615. The zero-order chi connectivity index (χ0) is 44.4. The zero-order valence-electron chi connectivity index (χ0n) is 31.4. The number of hydrogen-bond donors (Lipinski definition) is 4. The predicted octanol–water partition coefficient (Wildman–Crippen LogP) is -5.81. The molecule has 34 heteroatoms. The first-order chi connectivity index (χ1) is 27.7.